The Hall–Kier alpha value is -2.86. The highest BCUT2D eigenvalue weighted by Gasteiger charge is 2.05. The lowest BCUT2D eigenvalue weighted by molar-refractivity contribution is 0.342. The molecule has 1 aromatic heterocycles. The van der Waals surface area contributed by atoms with Crippen LogP contribution in [0.25, 0.3) is 0 Å². The topological polar surface area (TPSA) is 51.1 Å². The zero-order valence-electron chi connectivity index (χ0n) is 14.0. The average molecular weight is 352 g/mol. The summed E-state index contributed by atoms with van der Waals surface area (Å²) in [6.07, 6.45) is 3.72. The standard InChI is InChI=1S/C19H20N4OS/c1-2-24-18-10-4-3-9-17(18)22-19(25)21-16-8-5-7-15(13-16)14-23-12-6-11-20-23/h3-13H,2,14H2,1H3,(H2,21,22,25). The lowest BCUT2D eigenvalue weighted by Gasteiger charge is -2.14. The van der Waals surface area contributed by atoms with Gasteiger partial charge in [-0.1, -0.05) is 24.3 Å². The molecule has 0 unspecified atom stereocenters. The maximum atomic E-state index is 5.61. The van der Waals surface area contributed by atoms with Crippen LogP contribution in [0, 0.1) is 0 Å². The summed E-state index contributed by atoms with van der Waals surface area (Å²) in [6.45, 7) is 3.28. The van der Waals surface area contributed by atoms with Gasteiger partial charge >= 0.3 is 0 Å². The highest BCUT2D eigenvalue weighted by Crippen LogP contribution is 2.24. The van der Waals surface area contributed by atoms with Crippen molar-refractivity contribution in [2.24, 2.45) is 0 Å². The molecule has 0 fully saturated rings. The van der Waals surface area contributed by atoms with Gasteiger partial charge in [0, 0.05) is 18.1 Å². The normalized spacial score (nSPS) is 10.3. The first-order chi connectivity index (χ1) is 12.2. The monoisotopic (exact) mass is 352 g/mol. The third kappa shape index (κ3) is 4.81. The molecule has 0 saturated carbocycles. The average Bonchev–Trinajstić information content (AvgIpc) is 3.10. The predicted molar refractivity (Wildman–Crippen MR) is 105 cm³/mol. The van der Waals surface area contributed by atoms with Crippen molar-refractivity contribution >= 4 is 28.7 Å². The molecule has 2 N–H and O–H groups in total. The van der Waals surface area contributed by atoms with Crippen LogP contribution in [0.1, 0.15) is 12.5 Å². The number of nitrogens with one attached hydrogen (secondary N) is 2. The minimum Gasteiger partial charge on any atom is -0.492 e. The van der Waals surface area contributed by atoms with Crippen molar-refractivity contribution < 1.29 is 4.74 Å². The number of hydrogen-bond acceptors (Lipinski definition) is 3. The van der Waals surface area contributed by atoms with Crippen molar-refractivity contribution in [3.8, 4) is 5.75 Å². The fourth-order valence-electron chi connectivity index (χ4n) is 2.46. The van der Waals surface area contributed by atoms with Gasteiger partial charge in [0.05, 0.1) is 18.8 Å². The van der Waals surface area contributed by atoms with Crippen LogP contribution in [-0.2, 0) is 6.54 Å². The van der Waals surface area contributed by atoms with Gasteiger partial charge in [-0.05, 0) is 55.0 Å². The molecule has 0 radical (unpaired) electrons. The lowest BCUT2D eigenvalue weighted by atomic mass is 10.2. The summed E-state index contributed by atoms with van der Waals surface area (Å²) in [4.78, 5) is 0. The molecule has 3 aromatic rings. The predicted octanol–water partition coefficient (Wildman–Crippen LogP) is 4.14. The maximum Gasteiger partial charge on any atom is 0.175 e. The zero-order valence-corrected chi connectivity index (χ0v) is 14.8. The molecular weight excluding hydrogens is 332 g/mol. The SMILES string of the molecule is CCOc1ccccc1NC(=S)Nc1cccc(Cn2cccn2)c1. The zero-order chi connectivity index (χ0) is 17.5. The van der Waals surface area contributed by atoms with Crippen LogP contribution >= 0.6 is 12.2 Å². The third-order valence-corrected chi connectivity index (χ3v) is 3.73. The summed E-state index contributed by atoms with van der Waals surface area (Å²) in [5.74, 6) is 0.779. The smallest absolute Gasteiger partial charge is 0.175 e. The van der Waals surface area contributed by atoms with Gasteiger partial charge in [-0.2, -0.15) is 5.10 Å². The quantitative estimate of drug-likeness (QED) is 0.653. The van der Waals surface area contributed by atoms with Crippen LogP contribution in [0.3, 0.4) is 0 Å². The highest BCUT2D eigenvalue weighted by molar-refractivity contribution is 7.80. The maximum absolute atomic E-state index is 5.61. The number of para-hydroxylation sites is 2. The molecule has 0 aliphatic rings. The molecule has 6 heteroatoms. The second-order valence-corrected chi connectivity index (χ2v) is 5.82. The largest absolute Gasteiger partial charge is 0.492 e. The van der Waals surface area contributed by atoms with Crippen LogP contribution in [0.2, 0.25) is 0 Å². The van der Waals surface area contributed by atoms with E-state index in [1.165, 1.54) is 0 Å². The van der Waals surface area contributed by atoms with Crippen LogP contribution in [0.4, 0.5) is 11.4 Å². The molecule has 0 amide bonds. The number of aromatic nitrogens is 2. The van der Waals surface area contributed by atoms with E-state index in [4.69, 9.17) is 17.0 Å². The molecule has 0 bridgehead atoms. The highest BCUT2D eigenvalue weighted by atomic mass is 32.1. The van der Waals surface area contributed by atoms with Gasteiger partial charge in [0.1, 0.15) is 5.75 Å². The van der Waals surface area contributed by atoms with E-state index in [1.54, 1.807) is 6.20 Å². The van der Waals surface area contributed by atoms with Crippen LogP contribution in [0.15, 0.2) is 67.0 Å². The number of hydrogen-bond donors (Lipinski definition) is 2. The van der Waals surface area contributed by atoms with Crippen molar-refractivity contribution in [3.05, 3.63) is 72.6 Å². The fraction of sp³-hybridized carbons (Fsp3) is 0.158. The van der Waals surface area contributed by atoms with Gasteiger partial charge in [0.15, 0.2) is 5.11 Å². The molecule has 0 spiro atoms. The number of ether oxygens (including phenoxy) is 1. The number of benzene rings is 2. The van der Waals surface area contributed by atoms with Gasteiger partial charge < -0.3 is 15.4 Å². The van der Waals surface area contributed by atoms with E-state index < -0.39 is 0 Å². The number of nitrogens with zero attached hydrogens (tertiary/aromatic N) is 2. The van der Waals surface area contributed by atoms with E-state index in [0.29, 0.717) is 11.7 Å². The van der Waals surface area contributed by atoms with Crippen molar-refractivity contribution in [2.45, 2.75) is 13.5 Å². The molecule has 25 heavy (non-hydrogen) atoms. The van der Waals surface area contributed by atoms with E-state index in [0.717, 1.165) is 29.2 Å². The Bertz CT molecular complexity index is 833. The van der Waals surface area contributed by atoms with Gasteiger partial charge in [-0.25, -0.2) is 0 Å². The first kappa shape index (κ1) is 17.0. The van der Waals surface area contributed by atoms with Gasteiger partial charge in [0.25, 0.3) is 0 Å². The van der Waals surface area contributed by atoms with Crippen LogP contribution in [-0.4, -0.2) is 21.5 Å². The summed E-state index contributed by atoms with van der Waals surface area (Å²) in [5, 5.41) is 11.1. The Kier molecular flexibility index (Phi) is 5.64. The minimum absolute atomic E-state index is 0.517. The Balaban J connectivity index is 1.65. The fourth-order valence-corrected chi connectivity index (χ4v) is 2.69. The van der Waals surface area contributed by atoms with E-state index in [1.807, 2.05) is 60.3 Å². The molecule has 2 aromatic carbocycles. The molecule has 0 aliphatic heterocycles. The first-order valence-electron chi connectivity index (χ1n) is 8.11. The summed E-state index contributed by atoms with van der Waals surface area (Å²) in [6, 6.07) is 17.7. The summed E-state index contributed by atoms with van der Waals surface area (Å²) in [5.41, 5.74) is 2.91. The molecule has 3 rings (SSSR count). The molecule has 5 nitrogen and oxygen atoms in total. The molecular formula is C19H20N4OS. The second kappa shape index (κ2) is 8.30. The Morgan fingerprint density at radius 3 is 2.80 bits per heavy atom. The number of rotatable bonds is 6. The van der Waals surface area contributed by atoms with E-state index in [2.05, 4.69) is 27.9 Å². The van der Waals surface area contributed by atoms with Gasteiger partial charge in [-0.3, -0.25) is 4.68 Å². The Morgan fingerprint density at radius 1 is 1.12 bits per heavy atom. The number of anilines is 2. The van der Waals surface area contributed by atoms with Crippen molar-refractivity contribution in [3.63, 3.8) is 0 Å². The van der Waals surface area contributed by atoms with Gasteiger partial charge in [0.2, 0.25) is 0 Å². The molecule has 0 saturated heterocycles. The first-order valence-corrected chi connectivity index (χ1v) is 8.51. The van der Waals surface area contributed by atoms with Crippen LogP contribution < -0.4 is 15.4 Å². The van der Waals surface area contributed by atoms with E-state index in [9.17, 15) is 0 Å². The molecule has 0 aliphatic carbocycles. The molecule has 0 atom stereocenters. The molecule has 1 heterocycles. The Morgan fingerprint density at radius 2 is 2.00 bits per heavy atom. The number of thiocarbonyl (C=S) groups is 1. The van der Waals surface area contributed by atoms with E-state index >= 15 is 0 Å². The summed E-state index contributed by atoms with van der Waals surface area (Å²) < 4.78 is 7.49. The van der Waals surface area contributed by atoms with Crippen molar-refractivity contribution in [1.82, 2.24) is 9.78 Å². The minimum atomic E-state index is 0.517. The summed E-state index contributed by atoms with van der Waals surface area (Å²) in [7, 11) is 0. The summed E-state index contributed by atoms with van der Waals surface area (Å²) >= 11 is 5.43. The molecule has 128 valence electrons. The van der Waals surface area contributed by atoms with Gasteiger partial charge in [-0.15, -0.1) is 0 Å². The van der Waals surface area contributed by atoms with Crippen LogP contribution in [0.5, 0.6) is 5.75 Å². The second-order valence-electron chi connectivity index (χ2n) is 5.41. The third-order valence-electron chi connectivity index (χ3n) is 3.52. The Labute approximate surface area is 152 Å². The van der Waals surface area contributed by atoms with Crippen molar-refractivity contribution in [1.29, 1.82) is 0 Å². The van der Waals surface area contributed by atoms with E-state index in [-0.39, 0.29) is 0 Å². The lowest BCUT2D eigenvalue weighted by Crippen LogP contribution is -2.19. The van der Waals surface area contributed by atoms with Crippen molar-refractivity contribution in [2.75, 3.05) is 17.2 Å².